The van der Waals surface area contributed by atoms with Crippen LogP contribution in [0.15, 0.2) is 6.07 Å². The predicted octanol–water partition coefficient (Wildman–Crippen LogP) is 1.44. The lowest BCUT2D eigenvalue weighted by Gasteiger charge is -2.16. The minimum absolute atomic E-state index is 0.0375. The van der Waals surface area contributed by atoms with E-state index < -0.39 is 5.97 Å². The molecule has 110 valence electrons. The zero-order valence-electron chi connectivity index (χ0n) is 11.9. The third-order valence-corrected chi connectivity index (χ3v) is 3.94. The Morgan fingerprint density at radius 3 is 2.90 bits per heavy atom. The van der Waals surface area contributed by atoms with E-state index in [1.165, 1.54) is 0 Å². The number of carboxylic acids is 1. The molecule has 0 aromatic carbocycles. The van der Waals surface area contributed by atoms with Crippen LogP contribution in [0.25, 0.3) is 0 Å². The summed E-state index contributed by atoms with van der Waals surface area (Å²) in [6.45, 7) is 4.84. The number of nitrogens with one attached hydrogen (secondary N) is 1. The predicted molar refractivity (Wildman–Crippen MR) is 73.4 cm³/mol. The van der Waals surface area contributed by atoms with Gasteiger partial charge in [0.2, 0.25) is 0 Å². The van der Waals surface area contributed by atoms with Gasteiger partial charge in [-0.3, -0.25) is 14.3 Å². The van der Waals surface area contributed by atoms with Gasteiger partial charge in [0.15, 0.2) is 0 Å². The molecule has 2 N–H and O–H groups in total. The summed E-state index contributed by atoms with van der Waals surface area (Å²) in [6, 6.07) is 1.75. The van der Waals surface area contributed by atoms with Gasteiger partial charge in [0.05, 0.1) is 11.6 Å². The number of hydrogen-bond donors (Lipinski definition) is 2. The van der Waals surface area contributed by atoms with Crippen molar-refractivity contribution in [1.82, 2.24) is 15.1 Å². The van der Waals surface area contributed by atoms with E-state index in [2.05, 4.69) is 10.4 Å². The fraction of sp³-hybridized carbons (Fsp3) is 0.643. The van der Waals surface area contributed by atoms with Gasteiger partial charge in [-0.2, -0.15) is 5.10 Å². The molecule has 20 heavy (non-hydrogen) atoms. The average molecular weight is 279 g/mol. The Morgan fingerprint density at radius 1 is 1.50 bits per heavy atom. The molecule has 1 amide bonds. The monoisotopic (exact) mass is 279 g/mol. The zero-order chi connectivity index (χ0) is 14.7. The Labute approximate surface area is 118 Å². The molecule has 1 aliphatic carbocycles. The molecule has 1 aromatic heterocycles. The molecule has 1 aromatic rings. The number of aryl methyl sites for hydroxylation is 2. The van der Waals surface area contributed by atoms with Crippen LogP contribution >= 0.6 is 0 Å². The summed E-state index contributed by atoms with van der Waals surface area (Å²) in [5.41, 5.74) is 1.34. The van der Waals surface area contributed by atoms with Crippen molar-refractivity contribution in [2.24, 2.45) is 11.8 Å². The van der Waals surface area contributed by atoms with Crippen molar-refractivity contribution >= 4 is 11.9 Å². The van der Waals surface area contributed by atoms with Crippen LogP contribution in [0.2, 0.25) is 0 Å². The smallest absolute Gasteiger partial charge is 0.306 e. The molecule has 0 spiro atoms. The van der Waals surface area contributed by atoms with Crippen molar-refractivity contribution in [1.29, 1.82) is 0 Å². The van der Waals surface area contributed by atoms with Gasteiger partial charge in [0.1, 0.15) is 5.69 Å². The van der Waals surface area contributed by atoms with Crippen molar-refractivity contribution in [3.8, 4) is 0 Å². The first kappa shape index (κ1) is 14.6. The first-order valence-electron chi connectivity index (χ1n) is 7.08. The highest BCUT2D eigenvalue weighted by molar-refractivity contribution is 5.92. The van der Waals surface area contributed by atoms with E-state index in [0.717, 1.165) is 18.5 Å². The summed E-state index contributed by atoms with van der Waals surface area (Å²) in [6.07, 6.45) is 2.49. The largest absolute Gasteiger partial charge is 0.481 e. The van der Waals surface area contributed by atoms with Crippen molar-refractivity contribution in [3.05, 3.63) is 17.5 Å². The molecule has 1 heterocycles. The van der Waals surface area contributed by atoms with Crippen molar-refractivity contribution in [2.45, 2.75) is 39.7 Å². The normalized spacial score (nSPS) is 21.9. The van der Waals surface area contributed by atoms with E-state index >= 15 is 0 Å². The minimum atomic E-state index is -0.754. The van der Waals surface area contributed by atoms with E-state index in [4.69, 9.17) is 5.11 Å². The first-order chi connectivity index (χ1) is 9.52. The number of carboxylic acid groups (broad SMARTS) is 1. The van der Waals surface area contributed by atoms with Crippen LogP contribution in [0, 0.1) is 18.8 Å². The third-order valence-electron chi connectivity index (χ3n) is 3.94. The summed E-state index contributed by atoms with van der Waals surface area (Å²) in [5, 5.41) is 16.2. The van der Waals surface area contributed by atoms with E-state index in [1.54, 1.807) is 10.7 Å². The molecule has 0 aliphatic heterocycles. The zero-order valence-corrected chi connectivity index (χ0v) is 11.9. The fourth-order valence-corrected chi connectivity index (χ4v) is 2.89. The number of carbonyl (C=O) groups is 2. The van der Waals surface area contributed by atoms with Gasteiger partial charge < -0.3 is 10.4 Å². The third kappa shape index (κ3) is 3.00. The van der Waals surface area contributed by atoms with Gasteiger partial charge in [-0.25, -0.2) is 0 Å². The SMILES string of the molecule is CCn1nc(C)cc1C(=O)NCC1CCCC1C(=O)O. The number of nitrogens with zero attached hydrogens (tertiary/aromatic N) is 2. The molecule has 1 fully saturated rings. The minimum Gasteiger partial charge on any atom is -0.481 e. The standard InChI is InChI=1S/C14H21N3O3/c1-3-17-12(7-9(2)16-17)13(18)15-8-10-5-4-6-11(10)14(19)20/h7,10-11H,3-6,8H2,1-2H3,(H,15,18)(H,19,20). The molecule has 0 radical (unpaired) electrons. The maximum atomic E-state index is 12.2. The van der Waals surface area contributed by atoms with Crippen LogP contribution in [0.4, 0.5) is 0 Å². The second-order valence-corrected chi connectivity index (χ2v) is 5.33. The van der Waals surface area contributed by atoms with Crippen LogP contribution < -0.4 is 5.32 Å². The van der Waals surface area contributed by atoms with Crippen LogP contribution in [0.3, 0.4) is 0 Å². The fourth-order valence-electron chi connectivity index (χ4n) is 2.89. The van der Waals surface area contributed by atoms with Gasteiger partial charge in [0.25, 0.3) is 5.91 Å². The van der Waals surface area contributed by atoms with Crippen LogP contribution in [-0.2, 0) is 11.3 Å². The Morgan fingerprint density at radius 2 is 2.25 bits per heavy atom. The van der Waals surface area contributed by atoms with Gasteiger partial charge in [0, 0.05) is 13.1 Å². The molecule has 6 heteroatoms. The molecule has 2 unspecified atom stereocenters. The maximum Gasteiger partial charge on any atom is 0.306 e. The van der Waals surface area contributed by atoms with Crippen molar-refractivity contribution in [3.63, 3.8) is 0 Å². The number of rotatable bonds is 5. The summed E-state index contributed by atoms with van der Waals surface area (Å²) < 4.78 is 1.66. The number of aliphatic carboxylic acids is 1. The molecular weight excluding hydrogens is 258 g/mol. The van der Waals surface area contributed by atoms with E-state index in [1.807, 2.05) is 13.8 Å². The van der Waals surface area contributed by atoms with Gasteiger partial charge in [-0.1, -0.05) is 6.42 Å². The lowest BCUT2D eigenvalue weighted by atomic mass is 9.96. The van der Waals surface area contributed by atoms with Gasteiger partial charge in [-0.05, 0) is 38.7 Å². The quantitative estimate of drug-likeness (QED) is 0.854. The molecule has 2 atom stereocenters. The van der Waals surface area contributed by atoms with Crippen LogP contribution in [0.5, 0.6) is 0 Å². The topological polar surface area (TPSA) is 84.2 Å². The Bertz CT molecular complexity index is 510. The number of hydrogen-bond acceptors (Lipinski definition) is 3. The van der Waals surface area contributed by atoms with E-state index in [0.29, 0.717) is 25.2 Å². The summed E-state index contributed by atoms with van der Waals surface area (Å²) >= 11 is 0. The Hall–Kier alpha value is -1.85. The molecular formula is C14H21N3O3. The highest BCUT2D eigenvalue weighted by Crippen LogP contribution is 2.31. The molecule has 0 saturated heterocycles. The van der Waals surface area contributed by atoms with Gasteiger partial charge in [-0.15, -0.1) is 0 Å². The molecule has 1 saturated carbocycles. The van der Waals surface area contributed by atoms with Crippen LogP contribution in [0.1, 0.15) is 42.4 Å². The van der Waals surface area contributed by atoms with Crippen molar-refractivity contribution in [2.75, 3.05) is 6.54 Å². The molecule has 6 nitrogen and oxygen atoms in total. The molecule has 1 aliphatic rings. The van der Waals surface area contributed by atoms with E-state index in [9.17, 15) is 9.59 Å². The lowest BCUT2D eigenvalue weighted by Crippen LogP contribution is -2.34. The summed E-state index contributed by atoms with van der Waals surface area (Å²) in [4.78, 5) is 23.3. The number of amides is 1. The van der Waals surface area contributed by atoms with Crippen LogP contribution in [-0.4, -0.2) is 33.3 Å². The highest BCUT2D eigenvalue weighted by atomic mass is 16.4. The maximum absolute atomic E-state index is 12.2. The van der Waals surface area contributed by atoms with Crippen molar-refractivity contribution < 1.29 is 14.7 Å². The summed E-state index contributed by atoms with van der Waals surface area (Å²) in [5.74, 6) is -1.22. The first-order valence-corrected chi connectivity index (χ1v) is 7.08. The second-order valence-electron chi connectivity index (χ2n) is 5.33. The molecule has 0 bridgehead atoms. The number of carbonyl (C=O) groups excluding carboxylic acids is 1. The highest BCUT2D eigenvalue weighted by Gasteiger charge is 2.33. The summed E-state index contributed by atoms with van der Waals surface area (Å²) in [7, 11) is 0. The van der Waals surface area contributed by atoms with E-state index in [-0.39, 0.29) is 17.7 Å². The average Bonchev–Trinajstić information content (AvgIpc) is 3.01. The Kier molecular flexibility index (Phi) is 4.42. The molecule has 2 rings (SSSR count). The lowest BCUT2D eigenvalue weighted by molar-refractivity contribution is -0.142. The second kappa shape index (κ2) is 6.07. The van der Waals surface area contributed by atoms with Gasteiger partial charge >= 0.3 is 5.97 Å². The number of aromatic nitrogens is 2. The Balaban J connectivity index is 1.96.